The monoisotopic (exact) mass is 348 g/mol. The lowest BCUT2D eigenvalue weighted by atomic mass is 10.1. The first kappa shape index (κ1) is 11.2. The van der Waals surface area contributed by atoms with Gasteiger partial charge in [-0.3, -0.25) is 9.97 Å². The lowest BCUT2D eigenvalue weighted by molar-refractivity contribution is 0.214. The van der Waals surface area contributed by atoms with Crippen molar-refractivity contribution in [3.05, 3.63) is 43.5 Å². The van der Waals surface area contributed by atoms with Crippen LogP contribution in [0.15, 0.2) is 32.2 Å². The molecule has 15 heavy (non-hydrogen) atoms. The van der Waals surface area contributed by atoms with Crippen molar-refractivity contribution in [3.63, 3.8) is 0 Å². The van der Waals surface area contributed by atoms with Gasteiger partial charge in [0, 0.05) is 18.0 Å². The Balaban J connectivity index is 2.36. The van der Waals surface area contributed by atoms with Crippen molar-refractivity contribution in [1.82, 2.24) is 9.97 Å². The van der Waals surface area contributed by atoms with Gasteiger partial charge in [-0.25, -0.2) is 0 Å². The van der Waals surface area contributed by atoms with E-state index < -0.39 is 6.10 Å². The molecule has 0 amide bonds. The number of hydrogen-bond acceptors (Lipinski definition) is 4. The number of thiophene rings is 1. The highest BCUT2D eigenvalue weighted by Gasteiger charge is 2.17. The molecule has 6 heteroatoms. The summed E-state index contributed by atoms with van der Waals surface area (Å²) in [5, 5.41) is 10.0. The highest BCUT2D eigenvalue weighted by Crippen LogP contribution is 2.37. The van der Waals surface area contributed by atoms with Crippen LogP contribution < -0.4 is 0 Å². The van der Waals surface area contributed by atoms with Crippen molar-refractivity contribution in [1.29, 1.82) is 0 Å². The first-order valence-corrected chi connectivity index (χ1v) is 6.47. The van der Waals surface area contributed by atoms with E-state index in [9.17, 15) is 5.11 Å². The molecule has 0 saturated heterocycles. The van der Waals surface area contributed by atoms with Gasteiger partial charge in [-0.15, -0.1) is 11.3 Å². The molecule has 0 radical (unpaired) electrons. The fourth-order valence-corrected chi connectivity index (χ4v) is 4.03. The van der Waals surface area contributed by atoms with Crippen LogP contribution in [0.2, 0.25) is 0 Å². The molecule has 2 aromatic heterocycles. The van der Waals surface area contributed by atoms with Gasteiger partial charge in [-0.05, 0) is 37.9 Å². The minimum atomic E-state index is -0.740. The summed E-state index contributed by atoms with van der Waals surface area (Å²) in [6.07, 6.45) is 3.96. The average molecular weight is 350 g/mol. The zero-order valence-corrected chi connectivity index (χ0v) is 11.4. The Labute approximate surface area is 107 Å². The summed E-state index contributed by atoms with van der Waals surface area (Å²) < 4.78 is 1.86. The molecule has 3 nitrogen and oxygen atoms in total. The largest absolute Gasteiger partial charge is 0.382 e. The van der Waals surface area contributed by atoms with Crippen LogP contribution in [0.4, 0.5) is 0 Å². The molecular formula is C9H6Br2N2OS. The number of aliphatic hydroxyl groups is 1. The molecular weight excluding hydrogens is 344 g/mol. The van der Waals surface area contributed by atoms with Crippen LogP contribution in [0.3, 0.4) is 0 Å². The third-order valence-electron chi connectivity index (χ3n) is 1.84. The number of halogens is 2. The molecule has 0 aliphatic carbocycles. The van der Waals surface area contributed by atoms with Crippen molar-refractivity contribution in [3.8, 4) is 0 Å². The lowest BCUT2D eigenvalue weighted by Gasteiger charge is -2.07. The zero-order valence-electron chi connectivity index (χ0n) is 7.39. The average Bonchev–Trinajstić information content (AvgIpc) is 2.58. The molecule has 0 aliphatic rings. The predicted octanol–water partition coefficient (Wildman–Crippen LogP) is 3.14. The van der Waals surface area contributed by atoms with Crippen molar-refractivity contribution in [2.24, 2.45) is 0 Å². The van der Waals surface area contributed by atoms with Crippen LogP contribution in [-0.4, -0.2) is 15.1 Å². The van der Waals surface area contributed by atoms with Gasteiger partial charge in [0.05, 0.1) is 19.5 Å². The standard InChI is InChI=1S/C9H6Br2N2OS/c10-7-3-5(9(11)15-7)8(14)6-4-12-1-2-13-6/h1-4,8,14H. The van der Waals surface area contributed by atoms with E-state index in [1.54, 1.807) is 18.6 Å². The summed E-state index contributed by atoms with van der Waals surface area (Å²) in [6, 6.07) is 1.87. The second-order valence-electron chi connectivity index (χ2n) is 2.81. The van der Waals surface area contributed by atoms with Crippen LogP contribution in [0.25, 0.3) is 0 Å². The minimum Gasteiger partial charge on any atom is -0.382 e. The Morgan fingerprint density at radius 2 is 2.13 bits per heavy atom. The number of nitrogens with zero attached hydrogens (tertiary/aromatic N) is 2. The Kier molecular flexibility index (Phi) is 3.50. The topological polar surface area (TPSA) is 46.0 Å². The Hall–Kier alpha value is -0.300. The fourth-order valence-electron chi connectivity index (χ4n) is 1.15. The van der Waals surface area contributed by atoms with Crippen LogP contribution in [0, 0.1) is 0 Å². The molecule has 0 aromatic carbocycles. The zero-order chi connectivity index (χ0) is 10.8. The smallest absolute Gasteiger partial charge is 0.124 e. The normalized spacial score (nSPS) is 12.7. The third kappa shape index (κ3) is 2.44. The fraction of sp³-hybridized carbons (Fsp3) is 0.111. The minimum absolute atomic E-state index is 0.545. The van der Waals surface area contributed by atoms with Crippen LogP contribution >= 0.6 is 43.2 Å². The summed E-state index contributed by atoms with van der Waals surface area (Å²) in [7, 11) is 0. The van der Waals surface area contributed by atoms with Gasteiger partial charge in [-0.2, -0.15) is 0 Å². The van der Waals surface area contributed by atoms with Gasteiger partial charge in [0.1, 0.15) is 6.10 Å². The van der Waals surface area contributed by atoms with Crippen molar-refractivity contribution in [2.45, 2.75) is 6.10 Å². The second-order valence-corrected chi connectivity index (χ2v) is 6.56. The third-order valence-corrected chi connectivity index (χ3v) is 4.23. The van der Waals surface area contributed by atoms with Gasteiger partial charge in [0.15, 0.2) is 0 Å². The molecule has 1 atom stereocenters. The Morgan fingerprint density at radius 3 is 2.67 bits per heavy atom. The summed E-state index contributed by atoms with van der Waals surface area (Å²) in [5.41, 5.74) is 1.34. The van der Waals surface area contributed by atoms with Crippen LogP contribution in [0.1, 0.15) is 17.4 Å². The van der Waals surface area contributed by atoms with Gasteiger partial charge in [0.2, 0.25) is 0 Å². The molecule has 78 valence electrons. The number of aliphatic hydroxyl groups excluding tert-OH is 1. The first-order chi connectivity index (χ1) is 7.18. The van der Waals surface area contributed by atoms with Crippen LogP contribution in [-0.2, 0) is 0 Å². The van der Waals surface area contributed by atoms with E-state index in [1.807, 2.05) is 6.07 Å². The maximum absolute atomic E-state index is 10.0. The molecule has 0 fully saturated rings. The number of hydrogen-bond donors (Lipinski definition) is 1. The van der Waals surface area contributed by atoms with E-state index in [0.717, 1.165) is 13.1 Å². The summed E-state index contributed by atoms with van der Waals surface area (Å²) >= 11 is 8.28. The molecule has 0 spiro atoms. The molecule has 1 unspecified atom stereocenters. The Morgan fingerprint density at radius 1 is 1.33 bits per heavy atom. The van der Waals surface area contributed by atoms with E-state index in [4.69, 9.17) is 0 Å². The maximum atomic E-state index is 10.0. The summed E-state index contributed by atoms with van der Waals surface area (Å²) in [5.74, 6) is 0. The lowest BCUT2D eigenvalue weighted by Crippen LogP contribution is -2.01. The van der Waals surface area contributed by atoms with Gasteiger partial charge in [-0.1, -0.05) is 0 Å². The first-order valence-electron chi connectivity index (χ1n) is 4.07. The maximum Gasteiger partial charge on any atom is 0.124 e. The van der Waals surface area contributed by atoms with Crippen molar-refractivity contribution < 1.29 is 5.11 Å². The number of aromatic nitrogens is 2. The van der Waals surface area contributed by atoms with Gasteiger partial charge in [0.25, 0.3) is 0 Å². The number of rotatable bonds is 2. The molecule has 2 heterocycles. The highest BCUT2D eigenvalue weighted by molar-refractivity contribution is 9.12. The molecule has 0 saturated carbocycles. The van der Waals surface area contributed by atoms with E-state index in [1.165, 1.54) is 11.3 Å². The quantitative estimate of drug-likeness (QED) is 0.905. The van der Waals surface area contributed by atoms with Gasteiger partial charge < -0.3 is 5.11 Å². The summed E-state index contributed by atoms with van der Waals surface area (Å²) in [6.45, 7) is 0. The molecule has 0 aliphatic heterocycles. The highest BCUT2D eigenvalue weighted by atomic mass is 79.9. The van der Waals surface area contributed by atoms with E-state index in [2.05, 4.69) is 41.8 Å². The van der Waals surface area contributed by atoms with Crippen molar-refractivity contribution in [2.75, 3.05) is 0 Å². The SMILES string of the molecule is OC(c1cnccn1)c1cc(Br)sc1Br. The predicted molar refractivity (Wildman–Crippen MR) is 65.8 cm³/mol. The second kappa shape index (κ2) is 4.69. The Bertz CT molecular complexity index is 460. The van der Waals surface area contributed by atoms with E-state index >= 15 is 0 Å². The van der Waals surface area contributed by atoms with E-state index in [-0.39, 0.29) is 0 Å². The molecule has 0 bridgehead atoms. The molecule has 2 aromatic rings. The molecule has 1 N–H and O–H groups in total. The van der Waals surface area contributed by atoms with Crippen LogP contribution in [0.5, 0.6) is 0 Å². The molecule has 2 rings (SSSR count). The van der Waals surface area contributed by atoms with Gasteiger partial charge >= 0.3 is 0 Å². The van der Waals surface area contributed by atoms with E-state index in [0.29, 0.717) is 5.69 Å². The van der Waals surface area contributed by atoms with Crippen molar-refractivity contribution >= 4 is 43.2 Å². The summed E-state index contributed by atoms with van der Waals surface area (Å²) in [4.78, 5) is 7.98.